The topological polar surface area (TPSA) is 26.0 Å². The molecule has 0 radical (unpaired) electrons. The molecule has 1 nitrogen and oxygen atoms in total. The number of allylic oxidation sites excluding steroid dienone is 3. The minimum Gasteiger partial charge on any atom is -0.399 e. The second-order valence-corrected chi connectivity index (χ2v) is 3.05. The highest BCUT2D eigenvalue weighted by molar-refractivity contribution is 5.28. The summed E-state index contributed by atoms with van der Waals surface area (Å²) in [5, 5.41) is 0. The van der Waals surface area contributed by atoms with Crippen LogP contribution < -0.4 is 5.73 Å². The molecule has 1 fully saturated rings. The SMILES string of the molecule is C=C/C(=C\C(=C)N)C1CCC1. The first kappa shape index (κ1) is 8.12. The zero-order chi connectivity index (χ0) is 8.27. The molecule has 0 spiro atoms. The second-order valence-electron chi connectivity index (χ2n) is 3.05. The monoisotopic (exact) mass is 149 g/mol. The molecule has 0 aromatic carbocycles. The van der Waals surface area contributed by atoms with Crippen LogP contribution in [0.1, 0.15) is 19.3 Å². The molecule has 1 heteroatoms. The van der Waals surface area contributed by atoms with Crippen molar-refractivity contribution in [2.24, 2.45) is 11.7 Å². The molecule has 2 N–H and O–H groups in total. The van der Waals surface area contributed by atoms with Crippen LogP contribution in [0.2, 0.25) is 0 Å². The molecule has 0 aromatic rings. The minimum atomic E-state index is 0.631. The Morgan fingerprint density at radius 1 is 1.45 bits per heavy atom. The number of hydrogen-bond donors (Lipinski definition) is 1. The molecule has 0 amide bonds. The predicted molar refractivity (Wildman–Crippen MR) is 48.9 cm³/mol. The van der Waals surface area contributed by atoms with Crippen LogP contribution in [0.5, 0.6) is 0 Å². The van der Waals surface area contributed by atoms with Crippen LogP contribution in [0.15, 0.2) is 36.6 Å². The zero-order valence-electron chi connectivity index (χ0n) is 6.84. The van der Waals surface area contributed by atoms with Gasteiger partial charge in [-0.15, -0.1) is 0 Å². The van der Waals surface area contributed by atoms with Crippen molar-refractivity contribution in [1.82, 2.24) is 0 Å². The van der Waals surface area contributed by atoms with Gasteiger partial charge in [0.1, 0.15) is 0 Å². The van der Waals surface area contributed by atoms with E-state index in [1.54, 1.807) is 0 Å². The highest BCUT2D eigenvalue weighted by Crippen LogP contribution is 2.33. The Kier molecular flexibility index (Phi) is 2.53. The summed E-state index contributed by atoms with van der Waals surface area (Å²) in [6.45, 7) is 7.39. The Balaban J connectivity index is 2.60. The highest BCUT2D eigenvalue weighted by atomic mass is 14.5. The van der Waals surface area contributed by atoms with Crippen LogP contribution >= 0.6 is 0 Å². The summed E-state index contributed by atoms with van der Waals surface area (Å²) in [5.74, 6) is 0.702. The summed E-state index contributed by atoms with van der Waals surface area (Å²) >= 11 is 0. The average molecular weight is 149 g/mol. The van der Waals surface area contributed by atoms with E-state index in [1.165, 1.54) is 24.8 Å². The zero-order valence-corrected chi connectivity index (χ0v) is 6.84. The molecule has 0 unspecified atom stereocenters. The van der Waals surface area contributed by atoms with Gasteiger partial charge in [-0.3, -0.25) is 0 Å². The molecule has 1 aliphatic rings. The van der Waals surface area contributed by atoms with Gasteiger partial charge in [-0.2, -0.15) is 0 Å². The van der Waals surface area contributed by atoms with E-state index in [4.69, 9.17) is 5.73 Å². The molecule has 11 heavy (non-hydrogen) atoms. The van der Waals surface area contributed by atoms with E-state index in [1.807, 2.05) is 12.2 Å². The van der Waals surface area contributed by atoms with Gasteiger partial charge in [-0.05, 0) is 30.4 Å². The molecular formula is C10H15N. The lowest BCUT2D eigenvalue weighted by Crippen LogP contribution is -2.13. The molecule has 1 aliphatic carbocycles. The summed E-state index contributed by atoms with van der Waals surface area (Å²) in [7, 11) is 0. The average Bonchev–Trinajstić information content (AvgIpc) is 1.81. The van der Waals surface area contributed by atoms with Crippen molar-refractivity contribution in [3.63, 3.8) is 0 Å². The first-order chi connectivity index (χ1) is 5.24. The molecule has 1 saturated carbocycles. The van der Waals surface area contributed by atoms with Crippen molar-refractivity contribution < 1.29 is 0 Å². The van der Waals surface area contributed by atoms with Gasteiger partial charge in [0.25, 0.3) is 0 Å². The molecule has 0 aromatic heterocycles. The van der Waals surface area contributed by atoms with E-state index >= 15 is 0 Å². The fourth-order valence-electron chi connectivity index (χ4n) is 1.30. The Hall–Kier alpha value is -0.980. The summed E-state index contributed by atoms with van der Waals surface area (Å²) in [6.07, 6.45) is 7.72. The molecular weight excluding hydrogens is 134 g/mol. The molecule has 0 saturated heterocycles. The van der Waals surface area contributed by atoms with Gasteiger partial charge < -0.3 is 5.73 Å². The molecule has 0 bridgehead atoms. The molecule has 0 atom stereocenters. The third-order valence-electron chi connectivity index (χ3n) is 2.16. The fourth-order valence-corrected chi connectivity index (χ4v) is 1.30. The standard InChI is InChI=1S/C10H15N/c1-3-9(7-8(2)11)10-5-4-6-10/h3,7,10H,1-2,4-6,11H2/b9-7+. The summed E-state index contributed by atoms with van der Waals surface area (Å²) < 4.78 is 0. The van der Waals surface area contributed by atoms with E-state index in [-0.39, 0.29) is 0 Å². The Labute approximate surface area is 68.3 Å². The number of hydrogen-bond acceptors (Lipinski definition) is 1. The minimum absolute atomic E-state index is 0.631. The van der Waals surface area contributed by atoms with Gasteiger partial charge in [0, 0.05) is 5.70 Å². The second kappa shape index (κ2) is 3.42. The Morgan fingerprint density at radius 3 is 2.36 bits per heavy atom. The lowest BCUT2D eigenvalue weighted by Gasteiger charge is -2.26. The van der Waals surface area contributed by atoms with E-state index in [0.29, 0.717) is 11.6 Å². The van der Waals surface area contributed by atoms with Crippen LogP contribution in [0.3, 0.4) is 0 Å². The fraction of sp³-hybridized carbons (Fsp3) is 0.400. The van der Waals surface area contributed by atoms with Gasteiger partial charge in [0.15, 0.2) is 0 Å². The molecule has 60 valence electrons. The van der Waals surface area contributed by atoms with Crippen LogP contribution in [0.25, 0.3) is 0 Å². The quantitative estimate of drug-likeness (QED) is 0.612. The van der Waals surface area contributed by atoms with E-state index in [2.05, 4.69) is 13.2 Å². The first-order valence-corrected chi connectivity index (χ1v) is 4.02. The van der Waals surface area contributed by atoms with Crippen molar-refractivity contribution in [1.29, 1.82) is 0 Å². The molecule has 0 aliphatic heterocycles. The lowest BCUT2D eigenvalue weighted by molar-refractivity contribution is 0.374. The summed E-state index contributed by atoms with van der Waals surface area (Å²) in [6, 6.07) is 0. The maximum Gasteiger partial charge on any atom is 0.0243 e. The first-order valence-electron chi connectivity index (χ1n) is 4.02. The number of rotatable bonds is 3. The van der Waals surface area contributed by atoms with Gasteiger partial charge in [0.2, 0.25) is 0 Å². The van der Waals surface area contributed by atoms with Gasteiger partial charge in [-0.25, -0.2) is 0 Å². The molecule has 0 heterocycles. The summed E-state index contributed by atoms with van der Waals surface area (Å²) in [5.41, 5.74) is 7.35. The Bertz CT molecular complexity index is 197. The smallest absolute Gasteiger partial charge is 0.0243 e. The highest BCUT2D eigenvalue weighted by Gasteiger charge is 2.19. The van der Waals surface area contributed by atoms with Crippen molar-refractivity contribution in [2.75, 3.05) is 0 Å². The summed E-state index contributed by atoms with van der Waals surface area (Å²) in [4.78, 5) is 0. The Morgan fingerprint density at radius 2 is 2.09 bits per heavy atom. The van der Waals surface area contributed by atoms with Crippen LogP contribution in [-0.2, 0) is 0 Å². The third-order valence-corrected chi connectivity index (χ3v) is 2.16. The van der Waals surface area contributed by atoms with Crippen molar-refractivity contribution in [3.05, 3.63) is 36.6 Å². The maximum atomic E-state index is 5.47. The third kappa shape index (κ3) is 1.97. The largest absolute Gasteiger partial charge is 0.399 e. The van der Waals surface area contributed by atoms with Gasteiger partial charge >= 0.3 is 0 Å². The predicted octanol–water partition coefficient (Wildman–Crippen LogP) is 2.37. The maximum absolute atomic E-state index is 5.47. The lowest BCUT2D eigenvalue weighted by atomic mass is 9.79. The normalized spacial score (nSPS) is 19.1. The van der Waals surface area contributed by atoms with Crippen molar-refractivity contribution >= 4 is 0 Å². The van der Waals surface area contributed by atoms with Crippen molar-refractivity contribution in [2.45, 2.75) is 19.3 Å². The molecule has 1 rings (SSSR count). The van der Waals surface area contributed by atoms with Crippen LogP contribution in [0.4, 0.5) is 0 Å². The van der Waals surface area contributed by atoms with Crippen molar-refractivity contribution in [3.8, 4) is 0 Å². The van der Waals surface area contributed by atoms with E-state index < -0.39 is 0 Å². The van der Waals surface area contributed by atoms with Gasteiger partial charge in [-0.1, -0.05) is 25.7 Å². The van der Waals surface area contributed by atoms with E-state index in [9.17, 15) is 0 Å². The van der Waals surface area contributed by atoms with E-state index in [0.717, 1.165) is 0 Å². The van der Waals surface area contributed by atoms with Crippen LogP contribution in [-0.4, -0.2) is 0 Å². The van der Waals surface area contributed by atoms with Gasteiger partial charge in [0.05, 0.1) is 0 Å². The number of nitrogens with two attached hydrogens (primary N) is 1. The van der Waals surface area contributed by atoms with Crippen LogP contribution in [0, 0.1) is 5.92 Å².